The number of hydrogen-bond donors (Lipinski definition) is 2. The molecule has 2 atom stereocenters. The molecule has 3 fully saturated rings. The second-order valence-electron chi connectivity index (χ2n) is 5.61. The van der Waals surface area contributed by atoms with Crippen LogP contribution < -0.4 is 5.32 Å². The van der Waals surface area contributed by atoms with E-state index in [9.17, 15) is 5.11 Å². The van der Waals surface area contributed by atoms with Crippen LogP contribution in [0.4, 0.5) is 0 Å². The first-order valence-corrected chi connectivity index (χ1v) is 7.52. The van der Waals surface area contributed by atoms with E-state index in [0.717, 1.165) is 38.0 Å². The molecular weight excluding hydrogens is 222 g/mol. The van der Waals surface area contributed by atoms with Crippen LogP contribution in [0.1, 0.15) is 32.1 Å². The van der Waals surface area contributed by atoms with Crippen molar-refractivity contribution in [3.63, 3.8) is 0 Å². The SMILES string of the molecule is OCC1(NC2CCOC3(CCSC3)C2)CC1. The first kappa shape index (κ1) is 11.3. The standard InChI is InChI=1S/C12H21NO2S/c14-8-11(2-3-11)13-10-1-5-15-12(7-10)4-6-16-9-12/h10,13-14H,1-9H2. The van der Waals surface area contributed by atoms with Gasteiger partial charge in [-0.15, -0.1) is 0 Å². The molecule has 2 unspecified atom stereocenters. The van der Waals surface area contributed by atoms with Crippen molar-refractivity contribution in [3.05, 3.63) is 0 Å². The van der Waals surface area contributed by atoms with Gasteiger partial charge in [0.2, 0.25) is 0 Å². The number of thioether (sulfide) groups is 1. The van der Waals surface area contributed by atoms with Crippen molar-refractivity contribution in [1.29, 1.82) is 0 Å². The maximum atomic E-state index is 9.35. The molecule has 2 saturated heterocycles. The second kappa shape index (κ2) is 4.16. The van der Waals surface area contributed by atoms with Gasteiger partial charge in [0.25, 0.3) is 0 Å². The van der Waals surface area contributed by atoms with Crippen molar-refractivity contribution in [1.82, 2.24) is 5.32 Å². The maximum absolute atomic E-state index is 9.35. The minimum absolute atomic E-state index is 0.0783. The Labute approximate surface area is 101 Å². The largest absolute Gasteiger partial charge is 0.394 e. The fraction of sp³-hybridized carbons (Fsp3) is 1.00. The van der Waals surface area contributed by atoms with E-state index in [0.29, 0.717) is 12.6 Å². The molecule has 3 rings (SSSR count). The van der Waals surface area contributed by atoms with Crippen molar-refractivity contribution < 1.29 is 9.84 Å². The molecule has 0 bridgehead atoms. The average Bonchev–Trinajstić information content (AvgIpc) is 2.93. The van der Waals surface area contributed by atoms with Gasteiger partial charge in [0.1, 0.15) is 0 Å². The van der Waals surface area contributed by atoms with Gasteiger partial charge in [0.15, 0.2) is 0 Å². The molecule has 2 N–H and O–H groups in total. The Morgan fingerprint density at radius 2 is 2.25 bits per heavy atom. The molecule has 3 nitrogen and oxygen atoms in total. The van der Waals surface area contributed by atoms with E-state index >= 15 is 0 Å². The van der Waals surface area contributed by atoms with E-state index in [4.69, 9.17) is 4.74 Å². The number of nitrogens with one attached hydrogen (secondary N) is 1. The fourth-order valence-electron chi connectivity index (χ4n) is 2.95. The number of ether oxygens (including phenoxy) is 1. The third kappa shape index (κ3) is 2.13. The number of aliphatic hydroxyl groups is 1. The van der Waals surface area contributed by atoms with Crippen LogP contribution >= 0.6 is 11.8 Å². The Hall–Kier alpha value is 0.230. The average molecular weight is 243 g/mol. The summed E-state index contributed by atoms with van der Waals surface area (Å²) in [5.41, 5.74) is 0.237. The first-order chi connectivity index (χ1) is 7.76. The van der Waals surface area contributed by atoms with E-state index in [1.807, 2.05) is 11.8 Å². The van der Waals surface area contributed by atoms with Crippen LogP contribution in [-0.2, 0) is 4.74 Å². The third-order valence-electron chi connectivity index (χ3n) is 4.23. The van der Waals surface area contributed by atoms with Crippen LogP contribution in [0.3, 0.4) is 0 Å². The lowest BCUT2D eigenvalue weighted by atomic mass is 9.89. The third-order valence-corrected chi connectivity index (χ3v) is 5.45. The summed E-state index contributed by atoms with van der Waals surface area (Å²) in [6, 6.07) is 0.558. The first-order valence-electron chi connectivity index (χ1n) is 6.36. The molecule has 0 aromatic heterocycles. The quantitative estimate of drug-likeness (QED) is 0.780. The lowest BCUT2D eigenvalue weighted by molar-refractivity contribution is -0.0725. The molecule has 0 aromatic carbocycles. The molecule has 1 aliphatic carbocycles. The predicted molar refractivity (Wildman–Crippen MR) is 65.8 cm³/mol. The number of rotatable bonds is 3. The molecule has 0 radical (unpaired) electrons. The highest BCUT2D eigenvalue weighted by Gasteiger charge is 2.47. The molecule has 2 aliphatic heterocycles. The Kier molecular flexibility index (Phi) is 2.94. The lowest BCUT2D eigenvalue weighted by Gasteiger charge is -2.39. The summed E-state index contributed by atoms with van der Waals surface area (Å²) >= 11 is 2.02. The van der Waals surface area contributed by atoms with Gasteiger partial charge in [-0.25, -0.2) is 0 Å². The molecule has 1 saturated carbocycles. The molecule has 4 heteroatoms. The topological polar surface area (TPSA) is 41.5 Å². The summed E-state index contributed by atoms with van der Waals surface area (Å²) in [7, 11) is 0. The molecule has 3 aliphatic rings. The second-order valence-corrected chi connectivity index (χ2v) is 6.71. The highest BCUT2D eigenvalue weighted by Crippen LogP contribution is 2.41. The number of aliphatic hydroxyl groups excluding tert-OH is 1. The zero-order chi connectivity index (χ0) is 11.1. The molecular formula is C12H21NO2S. The van der Waals surface area contributed by atoms with E-state index in [2.05, 4.69) is 5.32 Å². The molecule has 2 heterocycles. The summed E-state index contributed by atoms with van der Waals surface area (Å²) in [5, 5.41) is 13.0. The molecule has 0 amide bonds. The van der Waals surface area contributed by atoms with E-state index < -0.39 is 0 Å². The van der Waals surface area contributed by atoms with Gasteiger partial charge in [-0.1, -0.05) is 0 Å². The monoisotopic (exact) mass is 243 g/mol. The summed E-state index contributed by atoms with van der Waals surface area (Å²) in [4.78, 5) is 0. The van der Waals surface area contributed by atoms with Crippen LogP contribution in [0.2, 0.25) is 0 Å². The van der Waals surface area contributed by atoms with Gasteiger partial charge in [0, 0.05) is 23.9 Å². The predicted octanol–water partition coefficient (Wildman–Crippen LogP) is 1.16. The van der Waals surface area contributed by atoms with Gasteiger partial charge in [-0.2, -0.15) is 11.8 Å². The normalized spacial score (nSPS) is 41.4. The minimum atomic E-state index is 0.0783. The summed E-state index contributed by atoms with van der Waals surface area (Å²) in [5.74, 6) is 2.41. The molecule has 16 heavy (non-hydrogen) atoms. The highest BCUT2D eigenvalue weighted by molar-refractivity contribution is 7.99. The maximum Gasteiger partial charge on any atom is 0.0795 e. The van der Waals surface area contributed by atoms with Gasteiger partial charge in [-0.05, 0) is 37.9 Å². The summed E-state index contributed by atoms with van der Waals surface area (Å²) < 4.78 is 6.00. The van der Waals surface area contributed by atoms with E-state index in [-0.39, 0.29) is 11.1 Å². The Balaban J connectivity index is 1.59. The Bertz CT molecular complexity index is 262. The summed E-state index contributed by atoms with van der Waals surface area (Å²) in [6.45, 7) is 1.19. The van der Waals surface area contributed by atoms with Crippen LogP contribution in [0.25, 0.3) is 0 Å². The van der Waals surface area contributed by atoms with Crippen LogP contribution in [-0.4, -0.2) is 47.0 Å². The van der Waals surface area contributed by atoms with Crippen molar-refractivity contribution in [3.8, 4) is 0 Å². The van der Waals surface area contributed by atoms with E-state index in [1.165, 1.54) is 12.2 Å². The van der Waals surface area contributed by atoms with Gasteiger partial charge >= 0.3 is 0 Å². The van der Waals surface area contributed by atoms with Gasteiger partial charge in [-0.3, -0.25) is 0 Å². The minimum Gasteiger partial charge on any atom is -0.394 e. The summed E-state index contributed by atoms with van der Waals surface area (Å²) in [6.07, 6.45) is 5.74. The molecule has 1 spiro atoms. The van der Waals surface area contributed by atoms with E-state index in [1.54, 1.807) is 0 Å². The Morgan fingerprint density at radius 1 is 1.38 bits per heavy atom. The highest BCUT2D eigenvalue weighted by atomic mass is 32.2. The van der Waals surface area contributed by atoms with Crippen LogP contribution in [0.15, 0.2) is 0 Å². The van der Waals surface area contributed by atoms with Crippen molar-refractivity contribution >= 4 is 11.8 Å². The van der Waals surface area contributed by atoms with Crippen LogP contribution in [0, 0.1) is 0 Å². The number of hydrogen-bond acceptors (Lipinski definition) is 4. The molecule has 92 valence electrons. The Morgan fingerprint density at radius 3 is 2.88 bits per heavy atom. The van der Waals surface area contributed by atoms with Gasteiger partial charge < -0.3 is 15.2 Å². The van der Waals surface area contributed by atoms with Gasteiger partial charge in [0.05, 0.1) is 12.2 Å². The smallest absolute Gasteiger partial charge is 0.0795 e. The zero-order valence-corrected chi connectivity index (χ0v) is 10.5. The molecule has 0 aromatic rings. The fourth-order valence-corrected chi connectivity index (χ4v) is 4.32. The van der Waals surface area contributed by atoms with Crippen molar-refractivity contribution in [2.45, 2.75) is 49.3 Å². The van der Waals surface area contributed by atoms with Crippen molar-refractivity contribution in [2.75, 3.05) is 24.7 Å². The lowest BCUT2D eigenvalue weighted by Crippen LogP contribution is -2.51. The van der Waals surface area contributed by atoms with Crippen LogP contribution in [0.5, 0.6) is 0 Å². The zero-order valence-electron chi connectivity index (χ0n) is 9.71. The van der Waals surface area contributed by atoms with Crippen molar-refractivity contribution in [2.24, 2.45) is 0 Å².